The molecule has 8 aromatic rings. The normalized spacial score (nSPS) is 25.5. The van der Waals surface area contributed by atoms with Gasteiger partial charge in [-0.05, 0) is 113 Å². The third kappa shape index (κ3) is 3.18. The van der Waals surface area contributed by atoms with E-state index in [2.05, 4.69) is 0 Å². The highest BCUT2D eigenvalue weighted by atomic mass is 14.4. The van der Waals surface area contributed by atoms with Gasteiger partial charge in [0, 0.05) is 9.53 Å². The lowest BCUT2D eigenvalue weighted by Gasteiger charge is -2.28. The van der Waals surface area contributed by atoms with E-state index >= 15 is 0 Å². The molecule has 0 amide bonds. The molecule has 0 heterocycles. The number of rotatable bonds is 2. The fraction of sp³-hybridized carbons (Fsp3) is 0.0476. The van der Waals surface area contributed by atoms with Crippen molar-refractivity contribution in [3.63, 3.8) is 0 Å². The summed E-state index contributed by atoms with van der Waals surface area (Å²) in [4.78, 5) is 0. The van der Waals surface area contributed by atoms with Crippen LogP contribution in [0.2, 0.25) is 0 Å². The Bertz CT molecular complexity index is 3840. The lowest BCUT2D eigenvalue weighted by atomic mass is 9.74. The van der Waals surface area contributed by atoms with Crippen molar-refractivity contribution in [3.8, 4) is 22.3 Å². The Kier molecular flexibility index (Phi) is 1.83. The summed E-state index contributed by atoms with van der Waals surface area (Å²) < 4.78 is 253. The topological polar surface area (TPSA) is 0 Å². The monoisotopic (exact) mass is 560 g/mol. The van der Waals surface area contributed by atoms with Crippen LogP contribution in [0.25, 0.3) is 65.3 Å². The molecule has 0 spiro atoms. The van der Waals surface area contributed by atoms with Crippen molar-refractivity contribution in [1.82, 2.24) is 0 Å². The molecule has 0 heteroatoms. The molecule has 0 N–H and O–H groups in total. The molecule has 0 aromatic heterocycles. The smallest absolute Gasteiger partial charge is 0.0622 e. The quantitative estimate of drug-likeness (QED) is 0.146. The highest BCUT2D eigenvalue weighted by molar-refractivity contribution is 6.20. The third-order valence-corrected chi connectivity index (χ3v) is 7.31. The molecule has 196 valence electrons. The minimum absolute atomic E-state index is 0.571. The lowest BCUT2D eigenvalue weighted by Crippen LogP contribution is -2.22. The van der Waals surface area contributed by atoms with Crippen molar-refractivity contribution >= 4 is 43.1 Å². The molecule has 9 rings (SSSR count). The summed E-state index contributed by atoms with van der Waals surface area (Å²) in [6, 6.07) is -24.9. The minimum Gasteiger partial charge on any atom is -0.0622 e. The first kappa shape index (κ1) is 8.90. The van der Waals surface area contributed by atoms with Crippen LogP contribution in [0.5, 0.6) is 0 Å². The summed E-state index contributed by atoms with van der Waals surface area (Å²) in [5.74, 6) is 0. The summed E-state index contributed by atoms with van der Waals surface area (Å²) in [5.41, 5.74) is -9.58. The molecule has 1 aliphatic carbocycles. The first-order valence-corrected chi connectivity index (χ1v) is 12.5. The Morgan fingerprint density at radius 1 is 0.452 bits per heavy atom. The van der Waals surface area contributed by atoms with Gasteiger partial charge in [0.1, 0.15) is 0 Å². The zero-order valence-corrected chi connectivity index (χ0v) is 21.0. The van der Waals surface area contributed by atoms with Crippen LogP contribution in [0, 0.1) is 0 Å². The standard InChI is InChI=1S/C42H28/c1-42(32-13-3-2-4-14-32)39-18-10-9-17-35(39)38-24-28-19-20-30(23-31(28)26-40(38)42)41-34-16-8-6-12-29(34)25-37-33-15-7-5-11-27(33)21-22-36(37)41/h2-26H,1H3/i1D3,2D,3D,4D,5D,6D,7D,8D,9D,10D,11D,12D,13D,14D,15D,16D,17D,18D,19D,20D,21D,22D,23D,24D,25D,26D. The van der Waals surface area contributed by atoms with Crippen molar-refractivity contribution < 1.29 is 38.4 Å². The predicted molar refractivity (Wildman–Crippen MR) is 179 cm³/mol. The van der Waals surface area contributed by atoms with Gasteiger partial charge < -0.3 is 0 Å². The number of fused-ring (bicyclic) bond motifs is 8. The molecule has 8 aromatic carbocycles. The summed E-state index contributed by atoms with van der Waals surface area (Å²) in [7, 11) is 0. The van der Waals surface area contributed by atoms with Crippen molar-refractivity contribution in [2.24, 2.45) is 0 Å². The second-order valence-electron chi connectivity index (χ2n) is 9.50. The fourth-order valence-electron chi connectivity index (χ4n) is 5.47. The van der Waals surface area contributed by atoms with E-state index in [9.17, 15) is 13.7 Å². The zero-order valence-electron chi connectivity index (χ0n) is 49.0. The number of benzene rings is 8. The van der Waals surface area contributed by atoms with Crippen LogP contribution in [0.1, 0.15) is 61.9 Å². The fourth-order valence-corrected chi connectivity index (χ4v) is 5.47. The molecule has 0 saturated carbocycles. The van der Waals surface area contributed by atoms with Crippen LogP contribution >= 0.6 is 0 Å². The van der Waals surface area contributed by atoms with Crippen LogP contribution in [0.3, 0.4) is 0 Å². The molecule has 0 bridgehead atoms. The Hall–Kier alpha value is -5.20. The van der Waals surface area contributed by atoms with E-state index in [-0.39, 0.29) is 0 Å². The van der Waals surface area contributed by atoms with E-state index in [4.69, 9.17) is 24.7 Å². The molecule has 0 radical (unpaired) electrons. The SMILES string of the molecule is [2H]c1c([2H])c([2H])c(C2(C([2H])([2H])[2H])c3c([2H])c([2H])c([2H])c([2H])c3-c3c2c([2H])c2c([2H])c(-c4c5c([2H])c([2H])c([2H])c([2H])c5c([2H])c5c4c([2H])c([2H])c4c([2H])c([2H])c([2H])c([2H])c45)c([2H])c([2H])c2c3[2H])c([2H])c1[2H]. The van der Waals surface area contributed by atoms with Crippen molar-refractivity contribution in [3.05, 3.63) is 168 Å². The van der Waals surface area contributed by atoms with Crippen LogP contribution in [-0.4, -0.2) is 0 Å². The Morgan fingerprint density at radius 2 is 1.19 bits per heavy atom. The van der Waals surface area contributed by atoms with Gasteiger partial charge in [0.05, 0.1) is 34.3 Å². The molecular weight excluding hydrogens is 504 g/mol. The van der Waals surface area contributed by atoms with Gasteiger partial charge in [-0.1, -0.05) is 127 Å². The molecule has 0 nitrogen and oxygen atoms in total. The van der Waals surface area contributed by atoms with Gasteiger partial charge in [-0.15, -0.1) is 0 Å². The molecule has 42 heavy (non-hydrogen) atoms. The summed E-state index contributed by atoms with van der Waals surface area (Å²) in [5, 5.41) is -5.50. The van der Waals surface area contributed by atoms with Crippen molar-refractivity contribution in [2.75, 3.05) is 0 Å². The van der Waals surface area contributed by atoms with Crippen molar-refractivity contribution in [2.45, 2.75) is 12.3 Å². The third-order valence-electron chi connectivity index (χ3n) is 7.31. The maximum absolute atomic E-state index is 9.99. The Balaban J connectivity index is 1.64. The predicted octanol–water partition coefficient (Wildman–Crippen LogP) is 11.3. The zero-order chi connectivity index (χ0) is 52.1. The summed E-state index contributed by atoms with van der Waals surface area (Å²) in [6.07, 6.45) is 0. The van der Waals surface area contributed by atoms with E-state index in [0.717, 1.165) is 0 Å². The average molecular weight is 561 g/mol. The summed E-state index contributed by atoms with van der Waals surface area (Å²) >= 11 is 0. The van der Waals surface area contributed by atoms with Gasteiger partial charge in [-0.25, -0.2) is 0 Å². The molecular formula is C42H28. The van der Waals surface area contributed by atoms with Gasteiger partial charge in [0.25, 0.3) is 0 Å². The van der Waals surface area contributed by atoms with E-state index in [1.165, 1.54) is 0 Å². The van der Waals surface area contributed by atoms with Gasteiger partial charge in [0.15, 0.2) is 0 Å². The number of hydrogen-bond donors (Lipinski definition) is 0. The number of hydrogen-bond acceptors (Lipinski definition) is 0. The highest BCUT2D eigenvalue weighted by Gasteiger charge is 2.40. The van der Waals surface area contributed by atoms with Gasteiger partial charge in [-0.2, -0.15) is 0 Å². The van der Waals surface area contributed by atoms with Gasteiger partial charge in [-0.3, -0.25) is 0 Å². The first-order chi connectivity index (χ1) is 32.4. The molecule has 0 saturated heterocycles. The molecule has 1 aliphatic rings. The minimum atomic E-state index is -3.81. The van der Waals surface area contributed by atoms with E-state index < -0.39 is 245 Å². The Morgan fingerprint density at radius 3 is 2.07 bits per heavy atom. The molecule has 1 unspecified atom stereocenters. The second-order valence-corrected chi connectivity index (χ2v) is 9.50. The van der Waals surface area contributed by atoms with Crippen LogP contribution in [-0.2, 0) is 5.41 Å². The first-order valence-electron chi connectivity index (χ1n) is 26.5. The van der Waals surface area contributed by atoms with Gasteiger partial charge in [0.2, 0.25) is 0 Å². The molecule has 0 fully saturated rings. The van der Waals surface area contributed by atoms with E-state index in [0.29, 0.717) is 0 Å². The van der Waals surface area contributed by atoms with E-state index in [1.807, 2.05) is 0 Å². The largest absolute Gasteiger partial charge is 0.0636 e. The summed E-state index contributed by atoms with van der Waals surface area (Å²) in [6.45, 7) is -3.81. The van der Waals surface area contributed by atoms with Crippen LogP contribution in [0.4, 0.5) is 0 Å². The average Bonchev–Trinajstić information content (AvgIpc) is 3.64. The maximum Gasteiger partial charge on any atom is 0.0636 e. The van der Waals surface area contributed by atoms with E-state index in [1.54, 1.807) is 0 Å². The maximum atomic E-state index is 9.99. The molecule has 1 atom stereocenters. The highest BCUT2D eigenvalue weighted by Crippen LogP contribution is 2.53. The molecule has 0 aliphatic heterocycles. The van der Waals surface area contributed by atoms with Crippen molar-refractivity contribution in [1.29, 1.82) is 0 Å². The lowest BCUT2D eigenvalue weighted by molar-refractivity contribution is 0.715. The Labute approximate surface area is 284 Å². The second kappa shape index (κ2) is 8.65. The van der Waals surface area contributed by atoms with Crippen LogP contribution < -0.4 is 0 Å². The van der Waals surface area contributed by atoms with Gasteiger partial charge >= 0.3 is 0 Å². The van der Waals surface area contributed by atoms with Crippen LogP contribution in [0.15, 0.2) is 151 Å².